The molecule has 1 saturated heterocycles. The molecule has 0 aromatic carbocycles. The van der Waals surface area contributed by atoms with Crippen molar-refractivity contribution >= 4 is 5.97 Å². The van der Waals surface area contributed by atoms with Gasteiger partial charge in [-0.05, 0) is 13.1 Å². The van der Waals surface area contributed by atoms with Crippen molar-refractivity contribution in [1.29, 1.82) is 0 Å². The molecular formula is C9H18N2O2. The number of hydrogen-bond donors (Lipinski definition) is 0. The van der Waals surface area contributed by atoms with Crippen LogP contribution in [0.5, 0.6) is 0 Å². The maximum atomic E-state index is 11.1. The average molecular weight is 186 g/mol. The second-order valence-corrected chi connectivity index (χ2v) is 3.25. The second-order valence-electron chi connectivity index (χ2n) is 3.25. The van der Waals surface area contributed by atoms with E-state index in [0.717, 1.165) is 26.3 Å². The summed E-state index contributed by atoms with van der Waals surface area (Å²) in [6, 6.07) is 0.0191. The monoisotopic (exact) mass is 186 g/mol. The van der Waals surface area contributed by atoms with Crippen molar-refractivity contribution in [3.05, 3.63) is 0 Å². The summed E-state index contributed by atoms with van der Waals surface area (Å²) < 4.78 is 4.65. The van der Waals surface area contributed by atoms with Crippen LogP contribution in [0.15, 0.2) is 0 Å². The Morgan fingerprint density at radius 2 is 2.15 bits per heavy atom. The number of methoxy groups -OCH3 is 1. The number of carbonyl (C=O) groups is 1. The van der Waals surface area contributed by atoms with Crippen LogP contribution < -0.4 is 0 Å². The first-order valence-corrected chi connectivity index (χ1v) is 4.77. The molecule has 0 aliphatic carbocycles. The zero-order valence-electron chi connectivity index (χ0n) is 8.62. The maximum Gasteiger partial charge on any atom is 0.324 e. The van der Waals surface area contributed by atoms with Crippen LogP contribution in [0, 0.1) is 0 Å². The highest BCUT2D eigenvalue weighted by atomic mass is 16.5. The van der Waals surface area contributed by atoms with E-state index in [1.165, 1.54) is 7.11 Å². The number of esters is 1. The van der Waals surface area contributed by atoms with E-state index in [1.54, 1.807) is 0 Å². The van der Waals surface area contributed by atoms with Gasteiger partial charge in [-0.15, -0.1) is 0 Å². The van der Waals surface area contributed by atoms with Gasteiger partial charge in [-0.2, -0.15) is 0 Å². The SMILES string of the molecule is CCN(CC)CN1CC1C(=O)OC. The minimum atomic E-state index is -0.104. The minimum absolute atomic E-state index is 0.0191. The highest BCUT2D eigenvalue weighted by Gasteiger charge is 2.41. The van der Waals surface area contributed by atoms with Gasteiger partial charge in [0.25, 0.3) is 0 Å². The lowest BCUT2D eigenvalue weighted by Gasteiger charge is -2.18. The van der Waals surface area contributed by atoms with Gasteiger partial charge >= 0.3 is 5.97 Å². The van der Waals surface area contributed by atoms with E-state index >= 15 is 0 Å². The first-order valence-electron chi connectivity index (χ1n) is 4.77. The lowest BCUT2D eigenvalue weighted by Crippen LogP contribution is -2.30. The summed E-state index contributed by atoms with van der Waals surface area (Å²) in [6.45, 7) is 8.04. The second kappa shape index (κ2) is 4.58. The molecule has 76 valence electrons. The molecule has 1 aliphatic heterocycles. The third kappa shape index (κ3) is 2.67. The van der Waals surface area contributed by atoms with E-state index in [-0.39, 0.29) is 12.0 Å². The molecule has 4 heteroatoms. The fourth-order valence-corrected chi connectivity index (χ4v) is 1.37. The summed E-state index contributed by atoms with van der Waals surface area (Å²) in [5.74, 6) is -0.104. The summed E-state index contributed by atoms with van der Waals surface area (Å²) in [5, 5.41) is 0. The zero-order chi connectivity index (χ0) is 9.84. The maximum absolute atomic E-state index is 11.1. The third-order valence-corrected chi connectivity index (χ3v) is 2.46. The van der Waals surface area contributed by atoms with Gasteiger partial charge in [0.2, 0.25) is 0 Å². The molecule has 0 aromatic heterocycles. The van der Waals surface area contributed by atoms with E-state index in [1.807, 2.05) is 0 Å². The Labute approximate surface area is 79.4 Å². The van der Waals surface area contributed by atoms with Crippen molar-refractivity contribution in [3.8, 4) is 0 Å². The van der Waals surface area contributed by atoms with Gasteiger partial charge in [0, 0.05) is 6.54 Å². The van der Waals surface area contributed by atoms with Crippen molar-refractivity contribution < 1.29 is 9.53 Å². The predicted octanol–water partition coefficient (Wildman–Crippen LogP) is 0.143. The predicted molar refractivity (Wildman–Crippen MR) is 50.3 cm³/mol. The topological polar surface area (TPSA) is 32.5 Å². The lowest BCUT2D eigenvalue weighted by atomic mass is 10.5. The Balaban J connectivity index is 2.23. The van der Waals surface area contributed by atoms with Gasteiger partial charge < -0.3 is 4.74 Å². The molecule has 0 saturated carbocycles. The van der Waals surface area contributed by atoms with Gasteiger partial charge in [-0.3, -0.25) is 14.6 Å². The van der Waals surface area contributed by atoms with Crippen LogP contribution in [-0.4, -0.2) is 55.2 Å². The molecule has 1 aliphatic rings. The Hall–Kier alpha value is -0.610. The third-order valence-electron chi connectivity index (χ3n) is 2.46. The van der Waals surface area contributed by atoms with Crippen molar-refractivity contribution in [1.82, 2.24) is 9.80 Å². The van der Waals surface area contributed by atoms with Crippen molar-refractivity contribution in [3.63, 3.8) is 0 Å². The molecular weight excluding hydrogens is 168 g/mol. The molecule has 0 amide bonds. The molecule has 2 unspecified atom stereocenters. The van der Waals surface area contributed by atoms with Crippen LogP contribution in [0.3, 0.4) is 0 Å². The minimum Gasteiger partial charge on any atom is -0.468 e. The number of carbonyl (C=O) groups excluding carboxylic acids is 1. The standard InChI is InChI=1S/C9H18N2O2/c1-4-10(5-2)7-11-6-8(11)9(12)13-3/h8H,4-7H2,1-3H3. The largest absolute Gasteiger partial charge is 0.468 e. The lowest BCUT2D eigenvalue weighted by molar-refractivity contribution is -0.141. The quantitative estimate of drug-likeness (QED) is 0.452. The van der Waals surface area contributed by atoms with E-state index in [2.05, 4.69) is 28.4 Å². The molecule has 1 fully saturated rings. The van der Waals surface area contributed by atoms with Gasteiger partial charge in [0.15, 0.2) is 0 Å². The normalized spacial score (nSPS) is 26.2. The van der Waals surface area contributed by atoms with E-state index < -0.39 is 0 Å². The van der Waals surface area contributed by atoms with Gasteiger partial charge in [-0.25, -0.2) is 0 Å². The van der Waals surface area contributed by atoms with Crippen LogP contribution in [-0.2, 0) is 9.53 Å². The first kappa shape index (κ1) is 10.5. The number of ether oxygens (including phenoxy) is 1. The van der Waals surface area contributed by atoms with Crippen molar-refractivity contribution in [2.24, 2.45) is 0 Å². The van der Waals surface area contributed by atoms with Crippen molar-refractivity contribution in [2.75, 3.05) is 33.4 Å². The average Bonchev–Trinajstić information content (AvgIpc) is 2.92. The summed E-state index contributed by atoms with van der Waals surface area (Å²) in [5.41, 5.74) is 0. The van der Waals surface area contributed by atoms with Gasteiger partial charge in [-0.1, -0.05) is 13.8 Å². The summed E-state index contributed by atoms with van der Waals surface area (Å²) >= 11 is 0. The molecule has 0 spiro atoms. The van der Waals surface area contributed by atoms with Crippen LogP contribution in [0.1, 0.15) is 13.8 Å². The van der Waals surface area contributed by atoms with Crippen molar-refractivity contribution in [2.45, 2.75) is 19.9 Å². The first-order chi connectivity index (χ1) is 6.22. The Bertz CT molecular complexity index is 180. The highest BCUT2D eigenvalue weighted by Crippen LogP contribution is 2.18. The molecule has 0 bridgehead atoms. The fraction of sp³-hybridized carbons (Fsp3) is 0.889. The molecule has 1 rings (SSSR count). The highest BCUT2D eigenvalue weighted by molar-refractivity contribution is 5.78. The van der Waals surface area contributed by atoms with Gasteiger partial charge in [0.05, 0.1) is 13.8 Å². The summed E-state index contributed by atoms with van der Waals surface area (Å²) in [6.07, 6.45) is 0. The molecule has 2 atom stereocenters. The van der Waals surface area contributed by atoms with E-state index in [4.69, 9.17) is 0 Å². The van der Waals surface area contributed by atoms with Gasteiger partial charge in [0.1, 0.15) is 6.04 Å². The molecule has 0 aromatic rings. The number of nitrogens with zero attached hydrogens (tertiary/aromatic N) is 2. The number of hydrogen-bond acceptors (Lipinski definition) is 4. The number of rotatable bonds is 5. The van der Waals surface area contributed by atoms with Crippen LogP contribution in [0.4, 0.5) is 0 Å². The Kier molecular flexibility index (Phi) is 3.69. The van der Waals surface area contributed by atoms with Crippen LogP contribution >= 0.6 is 0 Å². The summed E-state index contributed by atoms with van der Waals surface area (Å²) in [4.78, 5) is 15.5. The smallest absolute Gasteiger partial charge is 0.324 e. The molecule has 4 nitrogen and oxygen atoms in total. The molecule has 13 heavy (non-hydrogen) atoms. The summed E-state index contributed by atoms with van der Waals surface area (Å²) in [7, 11) is 1.44. The van der Waals surface area contributed by atoms with Crippen LogP contribution in [0.2, 0.25) is 0 Å². The van der Waals surface area contributed by atoms with E-state index in [0.29, 0.717) is 0 Å². The van der Waals surface area contributed by atoms with E-state index in [9.17, 15) is 4.79 Å². The fourth-order valence-electron chi connectivity index (χ4n) is 1.37. The molecule has 0 N–H and O–H groups in total. The van der Waals surface area contributed by atoms with Crippen LogP contribution in [0.25, 0.3) is 0 Å². The molecule has 1 heterocycles. The molecule has 0 radical (unpaired) electrons. The Morgan fingerprint density at radius 1 is 1.54 bits per heavy atom. The zero-order valence-corrected chi connectivity index (χ0v) is 8.62. The Morgan fingerprint density at radius 3 is 2.62 bits per heavy atom.